The van der Waals surface area contributed by atoms with Crippen LogP contribution in [-0.2, 0) is 11.2 Å². The van der Waals surface area contributed by atoms with Crippen LogP contribution in [0.25, 0.3) is 0 Å². The van der Waals surface area contributed by atoms with Crippen LogP contribution in [0.3, 0.4) is 0 Å². The molecule has 0 saturated carbocycles. The highest BCUT2D eigenvalue weighted by Crippen LogP contribution is 2.03. The first kappa shape index (κ1) is 10.7. The minimum Gasteiger partial charge on any atom is -0.320 e. The maximum absolute atomic E-state index is 11.0. The zero-order valence-corrected chi connectivity index (χ0v) is 7.94. The molecule has 1 aromatic carbocycles. The number of carbonyl (C=O) groups excluding carboxylic acids is 1. The highest BCUT2D eigenvalue weighted by molar-refractivity contribution is 5.80. The quantitative estimate of drug-likeness (QED) is 0.356. The Morgan fingerprint density at radius 1 is 1.36 bits per heavy atom. The fourth-order valence-electron chi connectivity index (χ4n) is 1.20. The Bertz CT molecular complexity index is 287. The van der Waals surface area contributed by atoms with Crippen LogP contribution in [0.2, 0.25) is 0 Å². The molecule has 0 aliphatic carbocycles. The highest BCUT2D eigenvalue weighted by Gasteiger charge is 2.10. The lowest BCUT2D eigenvalue weighted by Gasteiger charge is -2.08. The van der Waals surface area contributed by atoms with Crippen molar-refractivity contribution in [3.05, 3.63) is 35.9 Å². The van der Waals surface area contributed by atoms with E-state index in [9.17, 15) is 4.79 Å². The Hall–Kier alpha value is -1.39. The van der Waals surface area contributed by atoms with Gasteiger partial charge in [-0.3, -0.25) is 10.2 Å². The number of aryl methyl sites for hydroxylation is 1. The molecule has 0 bridgehead atoms. The summed E-state index contributed by atoms with van der Waals surface area (Å²) in [7, 11) is 0. The number of benzene rings is 1. The number of nitrogens with one attached hydrogen (secondary N) is 1. The molecule has 5 N–H and O–H groups in total. The molecule has 0 saturated heterocycles. The van der Waals surface area contributed by atoms with E-state index in [-0.39, 0.29) is 5.91 Å². The van der Waals surface area contributed by atoms with E-state index in [1.807, 2.05) is 35.8 Å². The van der Waals surface area contributed by atoms with Gasteiger partial charge < -0.3 is 5.73 Å². The van der Waals surface area contributed by atoms with Crippen molar-refractivity contribution in [1.29, 1.82) is 0 Å². The maximum Gasteiger partial charge on any atom is 0.250 e. The zero-order valence-electron chi connectivity index (χ0n) is 7.94. The van der Waals surface area contributed by atoms with Crippen LogP contribution in [0, 0.1) is 0 Å². The molecule has 0 unspecified atom stereocenters. The number of hydrogen-bond acceptors (Lipinski definition) is 3. The Morgan fingerprint density at radius 2 is 2.00 bits per heavy atom. The summed E-state index contributed by atoms with van der Waals surface area (Å²) in [6, 6.07) is 9.37. The second-order valence-corrected chi connectivity index (χ2v) is 3.14. The number of hydrogen-bond donors (Lipinski definition) is 3. The van der Waals surface area contributed by atoms with E-state index in [0.29, 0.717) is 6.42 Å². The monoisotopic (exact) mass is 193 g/mol. The van der Waals surface area contributed by atoms with Crippen LogP contribution in [0.15, 0.2) is 30.3 Å². The predicted octanol–water partition coefficient (Wildman–Crippen LogP) is -0.0636. The normalized spacial score (nSPS) is 12.1. The molecule has 0 aliphatic rings. The van der Waals surface area contributed by atoms with Crippen molar-refractivity contribution in [3.63, 3.8) is 0 Å². The van der Waals surface area contributed by atoms with Crippen molar-refractivity contribution in [1.82, 2.24) is 5.43 Å². The topological polar surface area (TPSA) is 81.1 Å². The van der Waals surface area contributed by atoms with E-state index in [2.05, 4.69) is 0 Å². The lowest BCUT2D eigenvalue weighted by molar-refractivity contribution is -0.122. The molecule has 1 aromatic rings. The largest absolute Gasteiger partial charge is 0.320 e. The molecule has 76 valence electrons. The number of amides is 1. The Balaban J connectivity index is 2.38. The highest BCUT2D eigenvalue weighted by atomic mass is 16.2. The first-order valence-electron chi connectivity index (χ1n) is 4.54. The molecule has 1 amide bonds. The average molecular weight is 193 g/mol. The number of hydrazine groups is 1. The van der Waals surface area contributed by atoms with Crippen LogP contribution in [0.5, 0.6) is 0 Å². The number of rotatable bonds is 4. The summed E-state index contributed by atoms with van der Waals surface area (Å²) < 4.78 is 0. The van der Waals surface area contributed by atoms with Crippen molar-refractivity contribution in [2.75, 3.05) is 0 Å². The standard InChI is InChI=1S/C10H15N3O/c11-9(10(14)13-12)7-6-8-4-2-1-3-5-8/h1-5,9H,6-7,11-12H2,(H,13,14)/t9-/m0/s1. The van der Waals surface area contributed by atoms with Gasteiger partial charge in [-0.2, -0.15) is 0 Å². The van der Waals surface area contributed by atoms with Crippen molar-refractivity contribution in [2.45, 2.75) is 18.9 Å². The van der Waals surface area contributed by atoms with E-state index >= 15 is 0 Å². The molecular weight excluding hydrogens is 178 g/mol. The van der Waals surface area contributed by atoms with E-state index in [4.69, 9.17) is 11.6 Å². The lowest BCUT2D eigenvalue weighted by atomic mass is 10.1. The molecule has 0 radical (unpaired) electrons. The first-order valence-corrected chi connectivity index (χ1v) is 4.54. The average Bonchev–Trinajstić information content (AvgIpc) is 2.26. The molecule has 1 atom stereocenters. The van der Waals surface area contributed by atoms with Gasteiger partial charge in [0.25, 0.3) is 5.91 Å². The van der Waals surface area contributed by atoms with Gasteiger partial charge in [-0.25, -0.2) is 5.84 Å². The van der Waals surface area contributed by atoms with E-state index < -0.39 is 6.04 Å². The fourth-order valence-corrected chi connectivity index (χ4v) is 1.20. The Kier molecular flexibility index (Phi) is 4.10. The molecular formula is C10H15N3O. The van der Waals surface area contributed by atoms with E-state index in [0.717, 1.165) is 6.42 Å². The summed E-state index contributed by atoms with van der Waals surface area (Å²) in [6.07, 6.45) is 1.39. The van der Waals surface area contributed by atoms with Crippen molar-refractivity contribution in [3.8, 4) is 0 Å². The third-order valence-electron chi connectivity index (χ3n) is 2.07. The molecule has 0 spiro atoms. The number of carbonyl (C=O) groups is 1. The van der Waals surface area contributed by atoms with Gasteiger partial charge in [-0.05, 0) is 18.4 Å². The van der Waals surface area contributed by atoms with Gasteiger partial charge in [-0.15, -0.1) is 0 Å². The summed E-state index contributed by atoms with van der Waals surface area (Å²) >= 11 is 0. The van der Waals surface area contributed by atoms with Gasteiger partial charge in [0.2, 0.25) is 0 Å². The van der Waals surface area contributed by atoms with Gasteiger partial charge >= 0.3 is 0 Å². The van der Waals surface area contributed by atoms with Gasteiger partial charge in [-0.1, -0.05) is 30.3 Å². The molecule has 0 heterocycles. The van der Waals surface area contributed by atoms with E-state index in [1.54, 1.807) is 0 Å². The van der Waals surface area contributed by atoms with Crippen LogP contribution < -0.4 is 17.0 Å². The second-order valence-electron chi connectivity index (χ2n) is 3.14. The molecule has 14 heavy (non-hydrogen) atoms. The molecule has 4 nitrogen and oxygen atoms in total. The van der Waals surface area contributed by atoms with Crippen LogP contribution >= 0.6 is 0 Å². The van der Waals surface area contributed by atoms with Gasteiger partial charge in [0.1, 0.15) is 0 Å². The smallest absolute Gasteiger partial charge is 0.250 e. The van der Waals surface area contributed by atoms with Gasteiger partial charge in [0.05, 0.1) is 6.04 Å². The van der Waals surface area contributed by atoms with Crippen LogP contribution in [0.4, 0.5) is 0 Å². The maximum atomic E-state index is 11.0. The third-order valence-corrected chi connectivity index (χ3v) is 2.07. The molecule has 1 rings (SSSR count). The zero-order chi connectivity index (χ0) is 10.4. The van der Waals surface area contributed by atoms with Gasteiger partial charge in [0, 0.05) is 0 Å². The second kappa shape index (κ2) is 5.36. The van der Waals surface area contributed by atoms with Crippen molar-refractivity contribution in [2.24, 2.45) is 11.6 Å². The SMILES string of the molecule is NNC(=O)[C@@H](N)CCc1ccccc1. The summed E-state index contributed by atoms with van der Waals surface area (Å²) in [5.41, 5.74) is 8.79. The van der Waals surface area contributed by atoms with Crippen molar-refractivity contribution >= 4 is 5.91 Å². The Labute approximate surface area is 83.3 Å². The molecule has 0 aromatic heterocycles. The molecule has 0 aliphatic heterocycles. The summed E-state index contributed by atoms with van der Waals surface area (Å²) in [5, 5.41) is 0. The fraction of sp³-hybridized carbons (Fsp3) is 0.300. The minimum atomic E-state index is -0.528. The van der Waals surface area contributed by atoms with E-state index in [1.165, 1.54) is 5.56 Å². The van der Waals surface area contributed by atoms with Crippen molar-refractivity contribution < 1.29 is 4.79 Å². The lowest BCUT2D eigenvalue weighted by Crippen LogP contribution is -2.44. The third kappa shape index (κ3) is 3.16. The van der Waals surface area contributed by atoms with Crippen LogP contribution in [0.1, 0.15) is 12.0 Å². The molecule has 0 fully saturated rings. The summed E-state index contributed by atoms with van der Waals surface area (Å²) in [5.74, 6) is 4.64. The minimum absolute atomic E-state index is 0.319. The number of nitrogens with two attached hydrogens (primary N) is 2. The summed E-state index contributed by atoms with van der Waals surface area (Å²) in [4.78, 5) is 11.0. The predicted molar refractivity (Wildman–Crippen MR) is 55.1 cm³/mol. The van der Waals surface area contributed by atoms with Gasteiger partial charge in [0.15, 0.2) is 0 Å². The summed E-state index contributed by atoms with van der Waals surface area (Å²) in [6.45, 7) is 0. The van der Waals surface area contributed by atoms with Crippen LogP contribution in [-0.4, -0.2) is 11.9 Å². The molecule has 4 heteroatoms. The first-order chi connectivity index (χ1) is 6.74. The Morgan fingerprint density at radius 3 is 2.57 bits per heavy atom.